The van der Waals surface area contributed by atoms with Crippen LogP contribution in [0.1, 0.15) is 29.4 Å². The average molecular weight is 462 g/mol. The van der Waals surface area contributed by atoms with Gasteiger partial charge < -0.3 is 14.5 Å². The molecule has 1 N–H and O–H groups in total. The van der Waals surface area contributed by atoms with E-state index in [0.717, 1.165) is 11.1 Å². The van der Waals surface area contributed by atoms with Crippen LogP contribution in [0.25, 0.3) is 22.7 Å². The second-order valence-electron chi connectivity index (χ2n) is 7.46. The number of aromatic amines is 1. The van der Waals surface area contributed by atoms with Gasteiger partial charge in [0.1, 0.15) is 24.3 Å². The van der Waals surface area contributed by atoms with Crippen molar-refractivity contribution in [3.05, 3.63) is 88.0 Å². The van der Waals surface area contributed by atoms with Crippen molar-refractivity contribution in [1.82, 2.24) is 9.97 Å². The summed E-state index contributed by atoms with van der Waals surface area (Å²) in [6.45, 7) is 4.66. The molecule has 1 heterocycles. The van der Waals surface area contributed by atoms with E-state index >= 15 is 0 Å². The minimum absolute atomic E-state index is 0.276. The van der Waals surface area contributed by atoms with E-state index in [-0.39, 0.29) is 11.4 Å². The molecular formula is C26H21ClFN3O2. The van der Waals surface area contributed by atoms with Crippen molar-refractivity contribution >= 4 is 34.3 Å². The number of fused-ring (bicyclic) bond motifs is 1. The molecule has 0 aliphatic heterocycles. The van der Waals surface area contributed by atoms with Crippen LogP contribution >= 0.6 is 11.6 Å². The van der Waals surface area contributed by atoms with Crippen LogP contribution in [-0.4, -0.2) is 16.6 Å². The molecule has 7 heteroatoms. The van der Waals surface area contributed by atoms with E-state index in [0.29, 0.717) is 52.2 Å². The third-order valence-electron chi connectivity index (χ3n) is 4.93. The first-order chi connectivity index (χ1) is 16.0. The smallest absolute Gasteiger partial charge is 0.180 e. The van der Waals surface area contributed by atoms with Gasteiger partial charge in [-0.15, -0.1) is 0 Å². The van der Waals surface area contributed by atoms with Crippen molar-refractivity contribution in [2.75, 3.05) is 6.61 Å². The van der Waals surface area contributed by atoms with Crippen molar-refractivity contribution in [3.8, 4) is 17.6 Å². The molecule has 0 saturated carbocycles. The molecule has 0 fully saturated rings. The Morgan fingerprint density at radius 2 is 2.03 bits per heavy atom. The summed E-state index contributed by atoms with van der Waals surface area (Å²) in [7, 11) is 0. The number of hydrogen-bond donors (Lipinski definition) is 1. The van der Waals surface area contributed by atoms with Crippen molar-refractivity contribution in [2.24, 2.45) is 0 Å². The van der Waals surface area contributed by atoms with Gasteiger partial charge in [0.2, 0.25) is 0 Å². The van der Waals surface area contributed by atoms with E-state index < -0.39 is 0 Å². The number of halogens is 2. The monoisotopic (exact) mass is 461 g/mol. The van der Waals surface area contributed by atoms with Gasteiger partial charge in [-0.05, 0) is 61.4 Å². The fourth-order valence-corrected chi connectivity index (χ4v) is 3.74. The summed E-state index contributed by atoms with van der Waals surface area (Å²) in [5, 5.41) is 10.1. The first-order valence-electron chi connectivity index (χ1n) is 10.4. The third-order valence-corrected chi connectivity index (χ3v) is 5.21. The van der Waals surface area contributed by atoms with Gasteiger partial charge in [-0.2, -0.15) is 5.26 Å². The molecule has 5 nitrogen and oxygen atoms in total. The minimum Gasteiger partial charge on any atom is -0.490 e. The molecule has 4 aromatic rings. The molecule has 1 aromatic heterocycles. The molecule has 166 valence electrons. The standard InChI is InChI=1S/C26H21ClFN3O2/c1-3-32-24-12-18(11-21(27)25(24)33-15-17-6-4-5-16(2)9-17)10-19(14-29)26-30-22-8-7-20(28)13-23(22)31-26/h4-13H,3,15H2,1-2H3,(H,30,31)/b19-10-. The Labute approximate surface area is 196 Å². The van der Waals surface area contributed by atoms with Crippen molar-refractivity contribution in [1.29, 1.82) is 5.26 Å². The van der Waals surface area contributed by atoms with Gasteiger partial charge in [0.05, 0.1) is 28.2 Å². The van der Waals surface area contributed by atoms with Crippen LogP contribution in [0.2, 0.25) is 5.02 Å². The summed E-state index contributed by atoms with van der Waals surface area (Å²) in [4.78, 5) is 7.37. The summed E-state index contributed by atoms with van der Waals surface area (Å²) in [6.07, 6.45) is 1.65. The summed E-state index contributed by atoms with van der Waals surface area (Å²) < 4.78 is 25.3. The summed E-state index contributed by atoms with van der Waals surface area (Å²) in [5.41, 5.74) is 4.17. The number of nitriles is 1. The van der Waals surface area contributed by atoms with E-state index in [1.54, 1.807) is 24.3 Å². The molecule has 0 radical (unpaired) electrons. The Morgan fingerprint density at radius 1 is 1.18 bits per heavy atom. The molecule has 4 rings (SSSR count). The topological polar surface area (TPSA) is 70.9 Å². The van der Waals surface area contributed by atoms with Gasteiger partial charge in [0.15, 0.2) is 11.5 Å². The number of nitrogens with zero attached hydrogens (tertiary/aromatic N) is 2. The normalized spacial score (nSPS) is 11.4. The third kappa shape index (κ3) is 5.16. The summed E-state index contributed by atoms with van der Waals surface area (Å²) in [6, 6.07) is 17.9. The molecule has 0 aliphatic rings. The molecule has 0 aliphatic carbocycles. The fourth-order valence-electron chi connectivity index (χ4n) is 3.46. The minimum atomic E-state index is -0.380. The number of ether oxygens (including phenoxy) is 2. The summed E-state index contributed by atoms with van der Waals surface area (Å²) in [5.74, 6) is 0.879. The van der Waals surface area contributed by atoms with Gasteiger partial charge in [-0.1, -0.05) is 41.4 Å². The quantitative estimate of drug-likeness (QED) is 0.310. The van der Waals surface area contributed by atoms with Gasteiger partial charge in [0.25, 0.3) is 0 Å². The van der Waals surface area contributed by atoms with Gasteiger partial charge >= 0.3 is 0 Å². The second kappa shape index (κ2) is 9.76. The van der Waals surface area contributed by atoms with Crippen LogP contribution in [0.3, 0.4) is 0 Å². The van der Waals surface area contributed by atoms with Crippen molar-refractivity contribution < 1.29 is 13.9 Å². The molecule has 3 aromatic carbocycles. The number of nitrogens with one attached hydrogen (secondary N) is 1. The zero-order valence-corrected chi connectivity index (χ0v) is 18.9. The zero-order valence-electron chi connectivity index (χ0n) is 18.2. The first kappa shape index (κ1) is 22.4. The second-order valence-corrected chi connectivity index (χ2v) is 7.86. The van der Waals surface area contributed by atoms with E-state index in [1.165, 1.54) is 12.1 Å². The fraction of sp³-hybridized carbons (Fsp3) is 0.154. The first-order valence-corrected chi connectivity index (χ1v) is 10.8. The van der Waals surface area contributed by atoms with E-state index in [1.807, 2.05) is 38.1 Å². The van der Waals surface area contributed by atoms with Crippen molar-refractivity contribution in [3.63, 3.8) is 0 Å². The molecule has 0 spiro atoms. The van der Waals surface area contributed by atoms with E-state index in [4.69, 9.17) is 21.1 Å². The molecule has 0 unspecified atom stereocenters. The molecule has 0 saturated heterocycles. The van der Waals surface area contributed by atoms with Gasteiger partial charge in [-0.3, -0.25) is 0 Å². The molecule has 0 amide bonds. The molecule has 33 heavy (non-hydrogen) atoms. The summed E-state index contributed by atoms with van der Waals surface area (Å²) >= 11 is 6.54. The predicted octanol–water partition coefficient (Wildman–Crippen LogP) is 6.71. The molecule has 0 atom stereocenters. The number of benzene rings is 3. The lowest BCUT2D eigenvalue weighted by atomic mass is 10.1. The lowest BCUT2D eigenvalue weighted by molar-refractivity contribution is 0.269. The average Bonchev–Trinajstić information content (AvgIpc) is 3.20. The van der Waals surface area contributed by atoms with Crippen LogP contribution in [0, 0.1) is 24.1 Å². The van der Waals surface area contributed by atoms with Crippen molar-refractivity contribution in [2.45, 2.75) is 20.5 Å². The van der Waals surface area contributed by atoms with Crippen LogP contribution in [0.4, 0.5) is 4.39 Å². The van der Waals surface area contributed by atoms with E-state index in [2.05, 4.69) is 16.0 Å². The highest BCUT2D eigenvalue weighted by atomic mass is 35.5. The number of hydrogen-bond acceptors (Lipinski definition) is 4. The number of H-pyrrole nitrogens is 1. The maximum Gasteiger partial charge on any atom is 0.180 e. The Kier molecular flexibility index (Phi) is 6.62. The Bertz CT molecular complexity index is 1390. The largest absolute Gasteiger partial charge is 0.490 e. The maximum atomic E-state index is 13.5. The maximum absolute atomic E-state index is 13.5. The van der Waals surface area contributed by atoms with Gasteiger partial charge in [-0.25, -0.2) is 9.37 Å². The zero-order chi connectivity index (χ0) is 23.4. The molecule has 0 bridgehead atoms. The van der Waals surface area contributed by atoms with Crippen LogP contribution in [0.15, 0.2) is 54.6 Å². The Hall–Kier alpha value is -3.82. The number of imidazole rings is 1. The highest BCUT2D eigenvalue weighted by molar-refractivity contribution is 6.32. The number of allylic oxidation sites excluding steroid dienone is 1. The van der Waals surface area contributed by atoms with Crippen LogP contribution in [-0.2, 0) is 6.61 Å². The molecular weight excluding hydrogens is 441 g/mol. The van der Waals surface area contributed by atoms with E-state index in [9.17, 15) is 9.65 Å². The highest BCUT2D eigenvalue weighted by Crippen LogP contribution is 2.38. The van der Waals surface area contributed by atoms with Crippen LogP contribution < -0.4 is 9.47 Å². The number of aryl methyl sites for hydroxylation is 1. The van der Waals surface area contributed by atoms with Crippen LogP contribution in [0.5, 0.6) is 11.5 Å². The van der Waals surface area contributed by atoms with Gasteiger partial charge in [0, 0.05) is 0 Å². The number of aromatic nitrogens is 2. The SMILES string of the molecule is CCOc1cc(/C=C(/C#N)c2nc3ccc(F)cc3[nH]2)cc(Cl)c1OCc1cccc(C)c1. The Balaban J connectivity index is 1.66. The Morgan fingerprint density at radius 3 is 2.79 bits per heavy atom. The predicted molar refractivity (Wildman–Crippen MR) is 128 cm³/mol. The lowest BCUT2D eigenvalue weighted by Gasteiger charge is -2.15. The number of rotatable bonds is 7. The highest BCUT2D eigenvalue weighted by Gasteiger charge is 2.14. The lowest BCUT2D eigenvalue weighted by Crippen LogP contribution is -2.01.